The van der Waals surface area contributed by atoms with Gasteiger partial charge >= 0.3 is 0 Å². The number of nitrogens with zero attached hydrogens (tertiary/aromatic N) is 3. The summed E-state index contributed by atoms with van der Waals surface area (Å²) in [7, 11) is 0. The van der Waals surface area contributed by atoms with Gasteiger partial charge in [0.05, 0.1) is 0 Å². The lowest BCUT2D eigenvalue weighted by atomic mass is 10.2. The highest BCUT2D eigenvalue weighted by Crippen LogP contribution is 2.19. The molecule has 1 aromatic heterocycles. The van der Waals surface area contributed by atoms with Crippen LogP contribution in [0, 0.1) is 4.91 Å². The summed E-state index contributed by atoms with van der Waals surface area (Å²) in [6.45, 7) is 1.20. The van der Waals surface area contributed by atoms with Crippen LogP contribution in [0.1, 0.15) is 6.92 Å². The maximum Gasteiger partial charge on any atom is 0.281 e. The van der Waals surface area contributed by atoms with Crippen molar-refractivity contribution in [2.45, 2.75) is 6.92 Å². The van der Waals surface area contributed by atoms with Gasteiger partial charge in [-0.3, -0.25) is 4.79 Å². The normalized spacial score (nSPS) is 11.7. The zero-order valence-corrected chi connectivity index (χ0v) is 10.4. The smallest absolute Gasteiger partial charge is 0.281 e. The summed E-state index contributed by atoms with van der Waals surface area (Å²) in [5.74, 6) is -0.888. The van der Waals surface area contributed by atoms with Gasteiger partial charge in [-0.2, -0.15) is 4.98 Å². The van der Waals surface area contributed by atoms with Crippen molar-refractivity contribution in [2.24, 2.45) is 5.18 Å². The number of benzene rings is 1. The summed E-state index contributed by atoms with van der Waals surface area (Å²) < 4.78 is 4.63. The number of amides is 1. The molecule has 1 aromatic carbocycles. The van der Waals surface area contributed by atoms with Gasteiger partial charge < -0.3 is 14.9 Å². The minimum atomic E-state index is -0.801. The molecule has 1 amide bonds. The molecule has 102 valence electrons. The lowest BCUT2D eigenvalue weighted by Gasteiger charge is -2.05. The predicted octanol–water partition coefficient (Wildman–Crippen LogP) is 2.23. The second kappa shape index (κ2) is 5.74. The Morgan fingerprint density at radius 1 is 1.45 bits per heavy atom. The van der Waals surface area contributed by atoms with Crippen LogP contribution in [0.25, 0.3) is 11.4 Å². The number of anilines is 1. The maximum atomic E-state index is 11.7. The van der Waals surface area contributed by atoms with Crippen LogP contribution in [0.3, 0.4) is 0 Å². The number of nitroso groups, excluding NO2 is 1. The van der Waals surface area contributed by atoms with Crippen LogP contribution in [-0.2, 0) is 4.79 Å². The van der Waals surface area contributed by atoms with Crippen molar-refractivity contribution in [1.82, 2.24) is 10.1 Å². The lowest BCUT2D eigenvalue weighted by molar-refractivity contribution is -0.113. The minimum absolute atomic E-state index is 0.365. The van der Waals surface area contributed by atoms with E-state index in [1.54, 1.807) is 24.3 Å². The molecule has 0 radical (unpaired) electrons. The van der Waals surface area contributed by atoms with E-state index in [1.807, 2.05) is 0 Å². The Kier molecular flexibility index (Phi) is 3.85. The molecule has 2 rings (SSSR count). The number of hydrogen-bond donors (Lipinski definition) is 2. The van der Waals surface area contributed by atoms with Crippen LogP contribution >= 0.6 is 0 Å². The zero-order valence-electron chi connectivity index (χ0n) is 10.4. The summed E-state index contributed by atoms with van der Waals surface area (Å²) in [6.07, 6.45) is 1.19. The first-order valence-electron chi connectivity index (χ1n) is 5.53. The van der Waals surface area contributed by atoms with Crippen molar-refractivity contribution in [3.63, 3.8) is 0 Å². The van der Waals surface area contributed by atoms with Crippen LogP contribution in [-0.4, -0.2) is 21.2 Å². The molecule has 0 atom stereocenters. The van der Waals surface area contributed by atoms with Crippen LogP contribution in [0.2, 0.25) is 0 Å². The second-order valence-corrected chi connectivity index (χ2v) is 3.82. The Labute approximate surface area is 113 Å². The molecule has 0 aliphatic rings. The van der Waals surface area contributed by atoms with Gasteiger partial charge in [-0.25, -0.2) is 0 Å². The molecule has 0 unspecified atom stereocenters. The highest BCUT2D eigenvalue weighted by atomic mass is 16.5. The van der Waals surface area contributed by atoms with Gasteiger partial charge in [0.2, 0.25) is 17.9 Å². The van der Waals surface area contributed by atoms with E-state index in [0.29, 0.717) is 17.1 Å². The van der Waals surface area contributed by atoms with E-state index in [2.05, 4.69) is 25.2 Å². The first-order chi connectivity index (χ1) is 9.61. The van der Waals surface area contributed by atoms with E-state index in [1.165, 1.54) is 13.3 Å². The van der Waals surface area contributed by atoms with Gasteiger partial charge in [-0.05, 0) is 24.2 Å². The second-order valence-electron chi connectivity index (χ2n) is 3.82. The van der Waals surface area contributed by atoms with Gasteiger partial charge in [0.15, 0.2) is 0 Å². The quantitative estimate of drug-likeness (QED) is 0.501. The van der Waals surface area contributed by atoms with E-state index in [0.717, 1.165) is 0 Å². The van der Waals surface area contributed by atoms with E-state index < -0.39 is 17.4 Å². The van der Waals surface area contributed by atoms with E-state index in [4.69, 9.17) is 5.11 Å². The minimum Gasteiger partial charge on any atom is -0.510 e. The van der Waals surface area contributed by atoms with Crippen LogP contribution in [0.4, 0.5) is 5.69 Å². The molecule has 2 aromatic rings. The molecule has 20 heavy (non-hydrogen) atoms. The average Bonchev–Trinajstić information content (AvgIpc) is 2.93. The summed E-state index contributed by atoms with van der Waals surface area (Å²) in [4.78, 5) is 26.1. The first-order valence-corrected chi connectivity index (χ1v) is 5.53. The Morgan fingerprint density at radius 3 is 2.85 bits per heavy atom. The monoisotopic (exact) mass is 274 g/mol. The Morgan fingerprint density at radius 2 is 2.25 bits per heavy atom. The number of carbonyl (C=O) groups excluding carboxylic acids is 1. The van der Waals surface area contributed by atoms with Gasteiger partial charge in [0.1, 0.15) is 5.76 Å². The van der Waals surface area contributed by atoms with Crippen molar-refractivity contribution in [3.8, 4) is 11.4 Å². The molecular formula is C12H10N4O4. The van der Waals surface area contributed by atoms with Gasteiger partial charge in [0, 0.05) is 11.3 Å². The fraction of sp³-hybridized carbons (Fsp3) is 0.0833. The SMILES string of the molecule is CC(O)=C(N=O)C(=O)Nc1cccc(-c2ncon2)c1. The molecule has 0 bridgehead atoms. The largest absolute Gasteiger partial charge is 0.510 e. The average molecular weight is 274 g/mol. The fourth-order valence-corrected chi connectivity index (χ4v) is 1.50. The van der Waals surface area contributed by atoms with Crippen LogP contribution in [0.15, 0.2) is 51.8 Å². The Hall–Kier alpha value is -3.03. The molecule has 0 fully saturated rings. The summed E-state index contributed by atoms with van der Waals surface area (Å²) >= 11 is 0. The molecule has 1 heterocycles. The number of aliphatic hydroxyl groups is 1. The van der Waals surface area contributed by atoms with E-state index >= 15 is 0 Å². The summed E-state index contributed by atoms with van der Waals surface area (Å²) in [5.41, 5.74) is 0.455. The zero-order chi connectivity index (χ0) is 14.5. The standard InChI is InChI=1S/C12H10N4O4/c1-7(17)10(15-19)12(18)14-9-4-2-3-8(5-9)11-13-6-20-16-11/h2-6,17H,1H3,(H,14,18). The number of allylic oxidation sites excluding steroid dienone is 1. The highest BCUT2D eigenvalue weighted by molar-refractivity contribution is 6.03. The number of rotatable bonds is 4. The van der Waals surface area contributed by atoms with Gasteiger partial charge in [0.25, 0.3) is 5.91 Å². The molecule has 2 N–H and O–H groups in total. The Balaban J connectivity index is 2.23. The highest BCUT2D eigenvalue weighted by Gasteiger charge is 2.14. The third kappa shape index (κ3) is 2.86. The van der Waals surface area contributed by atoms with Gasteiger partial charge in [-0.1, -0.05) is 17.3 Å². The van der Waals surface area contributed by atoms with Crippen molar-refractivity contribution in [2.75, 3.05) is 5.32 Å². The van der Waals surface area contributed by atoms with E-state index in [-0.39, 0.29) is 0 Å². The molecule has 0 spiro atoms. The van der Waals surface area contributed by atoms with Crippen LogP contribution < -0.4 is 5.32 Å². The van der Waals surface area contributed by atoms with Crippen molar-refractivity contribution >= 4 is 11.6 Å². The third-order valence-electron chi connectivity index (χ3n) is 2.39. The Bertz CT molecular complexity index is 660. The molecular weight excluding hydrogens is 264 g/mol. The molecule has 0 saturated heterocycles. The molecule has 8 nitrogen and oxygen atoms in total. The number of carbonyl (C=O) groups is 1. The molecule has 0 aliphatic heterocycles. The van der Waals surface area contributed by atoms with Crippen molar-refractivity contribution in [3.05, 3.63) is 47.0 Å². The summed E-state index contributed by atoms with van der Waals surface area (Å²) in [5, 5.41) is 17.8. The fourth-order valence-electron chi connectivity index (χ4n) is 1.50. The molecule has 8 heteroatoms. The maximum absolute atomic E-state index is 11.7. The van der Waals surface area contributed by atoms with Gasteiger partial charge in [-0.15, -0.1) is 4.91 Å². The predicted molar refractivity (Wildman–Crippen MR) is 69.5 cm³/mol. The number of nitrogens with one attached hydrogen (secondary N) is 1. The first kappa shape index (κ1) is 13.4. The number of aromatic nitrogens is 2. The number of aliphatic hydroxyl groups excluding tert-OH is 1. The molecule has 0 aliphatic carbocycles. The van der Waals surface area contributed by atoms with E-state index in [9.17, 15) is 9.70 Å². The van der Waals surface area contributed by atoms with Crippen LogP contribution in [0.5, 0.6) is 0 Å². The number of hydrogen-bond acceptors (Lipinski definition) is 7. The topological polar surface area (TPSA) is 118 Å². The summed E-state index contributed by atoms with van der Waals surface area (Å²) in [6, 6.07) is 6.60. The van der Waals surface area contributed by atoms with Crippen molar-refractivity contribution < 1.29 is 14.4 Å². The molecule has 0 saturated carbocycles. The third-order valence-corrected chi connectivity index (χ3v) is 2.39. The van der Waals surface area contributed by atoms with Crippen molar-refractivity contribution in [1.29, 1.82) is 0 Å². The lowest BCUT2D eigenvalue weighted by Crippen LogP contribution is -2.14.